The molecule has 190 valence electrons. The lowest BCUT2D eigenvalue weighted by molar-refractivity contribution is -0.119. The number of hydrogen-bond donors (Lipinski definition) is 2. The lowest BCUT2D eigenvalue weighted by atomic mass is 10.2. The fourth-order valence-electron chi connectivity index (χ4n) is 1.59. The van der Waals surface area contributed by atoms with Crippen molar-refractivity contribution in [3.05, 3.63) is 49.6 Å². The summed E-state index contributed by atoms with van der Waals surface area (Å²) < 4.78 is 0. The van der Waals surface area contributed by atoms with Gasteiger partial charge in [-0.05, 0) is 25.0 Å². The van der Waals surface area contributed by atoms with Crippen LogP contribution in [0.2, 0.25) is 0 Å². The molecular weight excluding hydrogens is 416 g/mol. The van der Waals surface area contributed by atoms with E-state index in [9.17, 15) is 9.59 Å². The number of aromatic nitrogens is 4. The molecule has 0 spiro atoms. The molecule has 8 heteroatoms. The molecule has 0 saturated heterocycles. The molecule has 2 aromatic heterocycles. The molecule has 8 nitrogen and oxygen atoms in total. The fourth-order valence-corrected chi connectivity index (χ4v) is 1.59. The maximum atomic E-state index is 10.3. The van der Waals surface area contributed by atoms with Crippen molar-refractivity contribution < 1.29 is 9.59 Å². The minimum Gasteiger partial charge on any atom is -0.356 e. The van der Waals surface area contributed by atoms with Crippen LogP contribution in [-0.2, 0) is 9.59 Å². The number of nitrogens with zero attached hydrogens (tertiary/aromatic N) is 4. The Bertz CT molecular complexity index is 487. The van der Waals surface area contributed by atoms with E-state index >= 15 is 0 Å². The highest BCUT2D eigenvalue weighted by Crippen LogP contribution is 1.90. The number of hydrogen-bond acceptors (Lipinski definition) is 6. The van der Waals surface area contributed by atoms with E-state index < -0.39 is 0 Å². The van der Waals surface area contributed by atoms with Crippen molar-refractivity contribution in [2.45, 2.75) is 87.5 Å². The summed E-state index contributed by atoms with van der Waals surface area (Å²) in [5, 5.41) is 5.45. The van der Waals surface area contributed by atoms with Crippen LogP contribution in [0.4, 0.5) is 0 Å². The summed E-state index contributed by atoms with van der Waals surface area (Å²) in [5.41, 5.74) is 0. The number of rotatable bonds is 7. The molecule has 2 aromatic rings. The smallest absolute Gasteiger partial charge is 0.216 e. The largest absolute Gasteiger partial charge is 0.356 e. The maximum Gasteiger partial charge on any atom is 0.216 e. The molecule has 0 aliphatic rings. The minimum atomic E-state index is 0.0680. The molecule has 2 rings (SSSR count). The highest BCUT2D eigenvalue weighted by atomic mass is 16.1. The van der Waals surface area contributed by atoms with Gasteiger partial charge in [-0.2, -0.15) is 0 Å². The first-order valence-corrected chi connectivity index (χ1v) is 11.9. The summed E-state index contributed by atoms with van der Waals surface area (Å²) in [7, 11) is 0. The zero-order chi connectivity index (χ0) is 26.0. The van der Waals surface area contributed by atoms with Gasteiger partial charge in [0.1, 0.15) is 12.7 Å². The Morgan fingerprint density at radius 3 is 1.15 bits per heavy atom. The Hall–Kier alpha value is -2.90. The molecule has 0 unspecified atom stereocenters. The molecule has 0 aromatic carbocycles. The van der Waals surface area contributed by atoms with E-state index in [1.54, 1.807) is 43.8 Å². The molecule has 0 aliphatic carbocycles. The molecule has 0 aliphatic heterocycles. The summed E-state index contributed by atoms with van der Waals surface area (Å²) >= 11 is 0. The number of unbranched alkanes of at least 4 members (excludes halogenated alkanes) is 3. The summed E-state index contributed by atoms with van der Waals surface area (Å²) in [5.74, 6) is 0.143. The standard InChI is InChI=1S/C7H15NO.C6H13NO.2C4H4N2.2C2H6/c1-3-4-5-6-8-7(2)9;1-3-4-5-7-6(2)8;2*1-2-5-4-6-3-1;2*1-2/h3-6H2,1-2H3,(H,8,9);3-5H2,1-2H3,(H,7,8);2*1-4H;2*1-2H3. The van der Waals surface area contributed by atoms with Gasteiger partial charge in [-0.1, -0.05) is 60.8 Å². The first-order chi connectivity index (χ1) is 16.0. The second-order valence-electron chi connectivity index (χ2n) is 5.83. The topological polar surface area (TPSA) is 110 Å². The highest BCUT2D eigenvalue weighted by molar-refractivity contribution is 5.72. The van der Waals surface area contributed by atoms with Crippen molar-refractivity contribution >= 4 is 11.8 Å². The van der Waals surface area contributed by atoms with E-state index in [0.29, 0.717) is 0 Å². The number of amides is 2. The van der Waals surface area contributed by atoms with Crippen LogP contribution >= 0.6 is 0 Å². The van der Waals surface area contributed by atoms with Crippen molar-refractivity contribution in [1.82, 2.24) is 30.6 Å². The lowest BCUT2D eigenvalue weighted by Gasteiger charge is -1.98. The zero-order valence-electron chi connectivity index (χ0n) is 22.2. The maximum absolute atomic E-state index is 10.3. The molecule has 2 heterocycles. The van der Waals surface area contributed by atoms with Crippen molar-refractivity contribution in [2.24, 2.45) is 0 Å². The molecule has 2 amide bonds. The van der Waals surface area contributed by atoms with E-state index in [1.165, 1.54) is 32.4 Å². The third-order valence-corrected chi connectivity index (χ3v) is 3.01. The van der Waals surface area contributed by atoms with Crippen LogP contribution in [0.5, 0.6) is 0 Å². The normalized spacial score (nSPS) is 7.88. The van der Waals surface area contributed by atoms with Gasteiger partial charge in [-0.25, -0.2) is 19.9 Å². The van der Waals surface area contributed by atoms with E-state index in [1.807, 2.05) is 27.7 Å². The second kappa shape index (κ2) is 39.6. The first-order valence-electron chi connectivity index (χ1n) is 11.9. The van der Waals surface area contributed by atoms with Crippen LogP contribution < -0.4 is 10.6 Å². The Morgan fingerprint density at radius 2 is 0.939 bits per heavy atom. The van der Waals surface area contributed by atoms with Crippen molar-refractivity contribution in [3.8, 4) is 0 Å². The Balaban J connectivity index is -0.000000163. The van der Waals surface area contributed by atoms with E-state index in [4.69, 9.17) is 0 Å². The summed E-state index contributed by atoms with van der Waals surface area (Å²) in [6.45, 7) is 17.0. The van der Waals surface area contributed by atoms with E-state index in [2.05, 4.69) is 44.4 Å². The second-order valence-corrected chi connectivity index (χ2v) is 5.83. The Morgan fingerprint density at radius 1 is 0.606 bits per heavy atom. The molecule has 0 bridgehead atoms. The van der Waals surface area contributed by atoms with Gasteiger partial charge in [0.25, 0.3) is 0 Å². The monoisotopic (exact) mass is 464 g/mol. The lowest BCUT2D eigenvalue weighted by Crippen LogP contribution is -2.20. The third-order valence-electron chi connectivity index (χ3n) is 3.01. The van der Waals surface area contributed by atoms with Crippen LogP contribution in [0.25, 0.3) is 0 Å². The van der Waals surface area contributed by atoms with Crippen molar-refractivity contribution in [3.63, 3.8) is 0 Å². The average Bonchev–Trinajstić information content (AvgIpc) is 2.87. The van der Waals surface area contributed by atoms with Gasteiger partial charge in [0.15, 0.2) is 0 Å². The number of carbonyl (C=O) groups excluding carboxylic acids is 2. The third kappa shape index (κ3) is 52.9. The molecule has 2 N–H and O–H groups in total. The van der Waals surface area contributed by atoms with E-state index in [-0.39, 0.29) is 11.8 Å². The van der Waals surface area contributed by atoms with Crippen LogP contribution in [-0.4, -0.2) is 44.8 Å². The Labute approximate surface area is 202 Å². The van der Waals surface area contributed by atoms with Gasteiger partial charge in [0, 0.05) is 51.7 Å². The van der Waals surface area contributed by atoms with Gasteiger partial charge in [-0.15, -0.1) is 0 Å². The van der Waals surface area contributed by atoms with Gasteiger partial charge in [0.05, 0.1) is 0 Å². The fraction of sp³-hybridized carbons (Fsp3) is 0.600. The molecular formula is C25H48N6O2. The molecule has 33 heavy (non-hydrogen) atoms. The first kappa shape index (κ1) is 37.4. The van der Waals surface area contributed by atoms with Gasteiger partial charge < -0.3 is 10.6 Å². The number of carbonyl (C=O) groups is 2. The average molecular weight is 465 g/mol. The van der Waals surface area contributed by atoms with E-state index in [0.717, 1.165) is 32.4 Å². The summed E-state index contributed by atoms with van der Waals surface area (Å²) in [4.78, 5) is 35.2. The van der Waals surface area contributed by atoms with Crippen LogP contribution in [0.1, 0.15) is 87.5 Å². The Kier molecular flexibility index (Phi) is 44.9. The van der Waals surface area contributed by atoms with Crippen molar-refractivity contribution in [1.29, 1.82) is 0 Å². The van der Waals surface area contributed by atoms with Crippen molar-refractivity contribution in [2.75, 3.05) is 13.1 Å². The molecule has 0 atom stereocenters. The minimum absolute atomic E-state index is 0.0680. The number of nitrogens with one attached hydrogen (secondary N) is 2. The molecule has 0 saturated carbocycles. The summed E-state index contributed by atoms with van der Waals surface area (Å²) in [6.07, 6.45) is 15.5. The zero-order valence-corrected chi connectivity index (χ0v) is 22.2. The van der Waals surface area contributed by atoms with Crippen LogP contribution in [0.3, 0.4) is 0 Å². The molecule has 0 fully saturated rings. The predicted octanol–water partition coefficient (Wildman–Crippen LogP) is 5.24. The quantitative estimate of drug-likeness (QED) is 0.542. The van der Waals surface area contributed by atoms with Crippen LogP contribution in [0.15, 0.2) is 49.6 Å². The SMILES string of the molecule is CC.CC.CCCCCNC(C)=O.CCCCNC(C)=O.c1cncnc1.c1cncnc1. The van der Waals surface area contributed by atoms with Gasteiger partial charge in [-0.3, -0.25) is 9.59 Å². The van der Waals surface area contributed by atoms with Gasteiger partial charge >= 0.3 is 0 Å². The predicted molar refractivity (Wildman–Crippen MR) is 139 cm³/mol. The summed E-state index contributed by atoms with van der Waals surface area (Å²) in [6, 6.07) is 3.56. The van der Waals surface area contributed by atoms with Gasteiger partial charge in [0.2, 0.25) is 11.8 Å². The highest BCUT2D eigenvalue weighted by Gasteiger charge is 1.88. The molecule has 0 radical (unpaired) electrons. The van der Waals surface area contributed by atoms with Crippen LogP contribution in [0, 0.1) is 0 Å².